The van der Waals surface area contributed by atoms with Crippen LogP contribution in [0.4, 0.5) is 10.5 Å². The first-order chi connectivity index (χ1) is 16.2. The quantitative estimate of drug-likeness (QED) is 0.448. The summed E-state index contributed by atoms with van der Waals surface area (Å²) in [6.45, 7) is 0.454. The Hall–Kier alpha value is -4.19. The van der Waals surface area contributed by atoms with E-state index in [0.717, 1.165) is 28.3 Å². The van der Waals surface area contributed by atoms with Crippen LogP contribution in [0.5, 0.6) is 11.5 Å². The largest absolute Gasteiger partial charge is 0.497 e. The molecule has 3 aromatic carbocycles. The van der Waals surface area contributed by atoms with Gasteiger partial charge in [-0.2, -0.15) is 0 Å². The maximum Gasteiger partial charge on any atom is 0.323 e. The molecule has 1 atom stereocenters. The maximum atomic E-state index is 13.8. The third kappa shape index (κ3) is 3.80. The lowest BCUT2D eigenvalue weighted by atomic mass is 10.0. The zero-order valence-corrected chi connectivity index (χ0v) is 18.6. The van der Waals surface area contributed by atoms with Crippen molar-refractivity contribution in [1.82, 2.24) is 9.47 Å². The Kier molecular flexibility index (Phi) is 5.48. The molecule has 0 spiro atoms. The number of rotatable bonds is 4. The molecule has 0 aliphatic carbocycles. The van der Waals surface area contributed by atoms with E-state index >= 15 is 0 Å². The minimum Gasteiger partial charge on any atom is -0.497 e. The molecule has 0 radical (unpaired) electrons. The Labute approximate surface area is 193 Å². The van der Waals surface area contributed by atoms with Gasteiger partial charge in [-0.25, -0.2) is 4.79 Å². The van der Waals surface area contributed by atoms with E-state index in [1.165, 1.54) is 0 Å². The summed E-state index contributed by atoms with van der Waals surface area (Å²) in [7, 11) is 3.25. The average molecular weight is 440 g/mol. The summed E-state index contributed by atoms with van der Waals surface area (Å²) in [4.78, 5) is 15.6. The molecule has 33 heavy (non-hydrogen) atoms. The minimum absolute atomic E-state index is 0.204. The number of hydrogen-bond acceptors (Lipinski definition) is 3. The Balaban J connectivity index is 1.62. The van der Waals surface area contributed by atoms with Crippen molar-refractivity contribution in [2.75, 3.05) is 19.5 Å². The number of methoxy groups -OCH3 is 2. The molecule has 6 nitrogen and oxygen atoms in total. The average Bonchev–Trinajstić information content (AvgIpc) is 3.28. The van der Waals surface area contributed by atoms with Gasteiger partial charge >= 0.3 is 6.03 Å². The molecule has 0 saturated heterocycles. The second-order valence-electron chi connectivity index (χ2n) is 7.87. The highest BCUT2D eigenvalue weighted by molar-refractivity contribution is 5.91. The van der Waals surface area contributed by atoms with Gasteiger partial charge in [0.2, 0.25) is 0 Å². The molecule has 1 aliphatic rings. The van der Waals surface area contributed by atoms with Crippen LogP contribution in [0, 0.1) is 0 Å². The van der Waals surface area contributed by atoms with Gasteiger partial charge in [-0.15, -0.1) is 0 Å². The molecule has 4 aromatic rings. The van der Waals surface area contributed by atoms with Gasteiger partial charge in [-0.05, 0) is 53.6 Å². The number of aromatic nitrogens is 1. The van der Waals surface area contributed by atoms with Crippen molar-refractivity contribution >= 4 is 11.7 Å². The molecule has 0 saturated carbocycles. The van der Waals surface area contributed by atoms with Crippen LogP contribution in [0.3, 0.4) is 0 Å². The number of carbonyl (C=O) groups excluding carboxylic acids is 1. The van der Waals surface area contributed by atoms with Crippen LogP contribution in [0.2, 0.25) is 0 Å². The zero-order valence-electron chi connectivity index (χ0n) is 18.6. The number of nitrogens with zero attached hydrogens (tertiary/aromatic N) is 2. The molecule has 1 unspecified atom stereocenters. The third-order valence-electron chi connectivity index (χ3n) is 6.00. The number of hydrogen-bond donors (Lipinski definition) is 1. The second kappa shape index (κ2) is 8.74. The summed E-state index contributed by atoms with van der Waals surface area (Å²) in [5.74, 6) is 1.39. The summed E-state index contributed by atoms with van der Waals surface area (Å²) in [5.41, 5.74) is 4.79. The van der Waals surface area contributed by atoms with Gasteiger partial charge in [0.25, 0.3) is 0 Å². The molecule has 1 aromatic heterocycles. The summed E-state index contributed by atoms with van der Waals surface area (Å²) in [5, 5.41) is 3.06. The molecule has 1 aliphatic heterocycles. The van der Waals surface area contributed by atoms with Gasteiger partial charge in [-0.3, -0.25) is 0 Å². The van der Waals surface area contributed by atoms with Crippen LogP contribution < -0.4 is 14.8 Å². The predicted molar refractivity (Wildman–Crippen MR) is 128 cm³/mol. The van der Waals surface area contributed by atoms with E-state index in [9.17, 15) is 4.79 Å². The van der Waals surface area contributed by atoms with E-state index < -0.39 is 0 Å². The van der Waals surface area contributed by atoms with Gasteiger partial charge in [0.15, 0.2) is 0 Å². The lowest BCUT2D eigenvalue weighted by molar-refractivity contribution is 0.194. The van der Waals surface area contributed by atoms with Gasteiger partial charge in [0.1, 0.15) is 11.5 Å². The predicted octanol–water partition coefficient (Wildman–Crippen LogP) is 5.63. The van der Waals surface area contributed by atoms with E-state index in [0.29, 0.717) is 18.0 Å². The third-order valence-corrected chi connectivity index (χ3v) is 6.00. The van der Waals surface area contributed by atoms with Crippen molar-refractivity contribution in [3.63, 3.8) is 0 Å². The van der Waals surface area contributed by atoms with Crippen molar-refractivity contribution in [1.29, 1.82) is 0 Å². The summed E-state index contributed by atoms with van der Waals surface area (Å²) in [6.07, 6.45) is 2.05. The zero-order chi connectivity index (χ0) is 22.8. The Morgan fingerprint density at radius 3 is 2.42 bits per heavy atom. The molecule has 2 heterocycles. The molecule has 6 heteroatoms. The van der Waals surface area contributed by atoms with E-state index in [4.69, 9.17) is 9.47 Å². The molecule has 1 N–H and O–H groups in total. The van der Waals surface area contributed by atoms with Crippen molar-refractivity contribution in [2.45, 2.75) is 12.6 Å². The van der Waals surface area contributed by atoms with Crippen LogP contribution in [-0.4, -0.2) is 29.7 Å². The smallest absolute Gasteiger partial charge is 0.323 e. The molecular formula is C27H25N3O3. The minimum atomic E-state index is -0.298. The molecule has 0 bridgehead atoms. The van der Waals surface area contributed by atoms with Crippen LogP contribution in [0.25, 0.3) is 5.69 Å². The molecule has 2 amide bonds. The topological polar surface area (TPSA) is 55.7 Å². The van der Waals surface area contributed by atoms with Crippen molar-refractivity contribution in [3.8, 4) is 17.2 Å². The van der Waals surface area contributed by atoms with Crippen LogP contribution in [-0.2, 0) is 6.54 Å². The highest BCUT2D eigenvalue weighted by Crippen LogP contribution is 2.37. The number of carbonyl (C=O) groups is 1. The summed E-state index contributed by atoms with van der Waals surface area (Å²) < 4.78 is 13.0. The van der Waals surface area contributed by atoms with Crippen molar-refractivity contribution in [2.24, 2.45) is 0 Å². The van der Waals surface area contributed by atoms with E-state index in [1.807, 2.05) is 77.8 Å². The molecule has 166 valence electrons. The molecule has 0 fully saturated rings. The number of para-hydroxylation sites is 3. The Bertz CT molecular complexity index is 1280. The first kappa shape index (κ1) is 20.7. The monoisotopic (exact) mass is 439 g/mol. The summed E-state index contributed by atoms with van der Waals surface area (Å²) >= 11 is 0. The normalized spacial score (nSPS) is 14.6. The first-order valence-corrected chi connectivity index (χ1v) is 10.8. The number of benzene rings is 3. The molecular weight excluding hydrogens is 414 g/mol. The Morgan fingerprint density at radius 2 is 1.64 bits per heavy atom. The highest BCUT2D eigenvalue weighted by atomic mass is 16.5. The second-order valence-corrected chi connectivity index (χ2v) is 7.87. The van der Waals surface area contributed by atoms with E-state index in [1.54, 1.807) is 14.2 Å². The first-order valence-electron chi connectivity index (χ1n) is 10.8. The number of anilines is 1. The van der Waals surface area contributed by atoms with Crippen molar-refractivity contribution in [3.05, 3.63) is 108 Å². The number of amides is 2. The van der Waals surface area contributed by atoms with E-state index in [2.05, 4.69) is 28.1 Å². The highest BCUT2D eigenvalue weighted by Gasteiger charge is 2.33. The van der Waals surface area contributed by atoms with Gasteiger partial charge in [0, 0.05) is 11.9 Å². The number of fused-ring (bicyclic) bond motifs is 3. The lowest BCUT2D eigenvalue weighted by Crippen LogP contribution is -2.38. The van der Waals surface area contributed by atoms with Gasteiger partial charge < -0.3 is 24.3 Å². The maximum absolute atomic E-state index is 13.8. The summed E-state index contributed by atoms with van der Waals surface area (Å²) in [6, 6.07) is 27.1. The van der Waals surface area contributed by atoms with Crippen molar-refractivity contribution < 1.29 is 14.3 Å². The van der Waals surface area contributed by atoms with Crippen LogP contribution >= 0.6 is 0 Å². The van der Waals surface area contributed by atoms with E-state index in [-0.39, 0.29) is 12.1 Å². The SMILES string of the molecule is COc1ccc(C2c3cccn3-c3ccccc3CN2C(=O)Nc2ccccc2OC)cc1. The molecule has 5 rings (SSSR count). The van der Waals surface area contributed by atoms with Crippen LogP contribution in [0.1, 0.15) is 22.9 Å². The van der Waals surface area contributed by atoms with Gasteiger partial charge in [0.05, 0.1) is 38.2 Å². The number of urea groups is 1. The lowest BCUT2D eigenvalue weighted by Gasteiger charge is -2.31. The fraction of sp³-hybridized carbons (Fsp3) is 0.148. The Morgan fingerprint density at radius 1 is 0.879 bits per heavy atom. The number of ether oxygens (including phenoxy) is 2. The number of nitrogens with one attached hydrogen (secondary N) is 1. The fourth-order valence-electron chi connectivity index (χ4n) is 4.41. The standard InChI is InChI=1S/C27H25N3O3/c1-32-21-15-13-19(14-16-21)26-24-11-7-17-29(24)23-10-5-3-8-20(23)18-30(26)27(31)28-22-9-4-6-12-25(22)33-2/h3-17,26H,18H2,1-2H3,(H,28,31). The fourth-order valence-corrected chi connectivity index (χ4v) is 4.41. The van der Waals surface area contributed by atoms with Gasteiger partial charge in [-0.1, -0.05) is 42.5 Å². The van der Waals surface area contributed by atoms with Crippen LogP contribution in [0.15, 0.2) is 91.1 Å².